The van der Waals surface area contributed by atoms with Gasteiger partial charge in [-0.3, -0.25) is 4.79 Å². The molecular formula is C15H9BrClFN4O. The average Bonchev–Trinajstić information content (AvgIpc) is 3.00. The van der Waals surface area contributed by atoms with Crippen molar-refractivity contribution in [2.45, 2.75) is 0 Å². The molecule has 0 aliphatic heterocycles. The molecule has 1 aromatic heterocycles. The highest BCUT2D eigenvalue weighted by Crippen LogP contribution is 2.21. The van der Waals surface area contributed by atoms with Crippen LogP contribution in [0.3, 0.4) is 0 Å². The summed E-state index contributed by atoms with van der Waals surface area (Å²) >= 11 is 9.07. The van der Waals surface area contributed by atoms with Gasteiger partial charge in [0.2, 0.25) is 0 Å². The van der Waals surface area contributed by atoms with E-state index in [2.05, 4.69) is 31.6 Å². The number of para-hydroxylation sites is 1. The van der Waals surface area contributed by atoms with Crippen molar-refractivity contribution < 1.29 is 9.18 Å². The number of amides is 1. The standard InChI is InChI=1S/C15H9BrClFN4O/c16-10-3-1-2-4-14(10)22-8-13(20-21-22)15(23)19-12-6-5-9(17)7-11(12)18/h1-8H,(H,19,23). The third-order valence-electron chi connectivity index (χ3n) is 3.00. The lowest BCUT2D eigenvalue weighted by Crippen LogP contribution is -2.13. The molecule has 1 heterocycles. The number of benzene rings is 2. The Bertz CT molecular complexity index is 883. The summed E-state index contributed by atoms with van der Waals surface area (Å²) in [5.74, 6) is -1.19. The normalized spacial score (nSPS) is 10.6. The number of anilines is 1. The fourth-order valence-electron chi connectivity index (χ4n) is 1.90. The molecule has 0 aliphatic carbocycles. The summed E-state index contributed by atoms with van der Waals surface area (Å²) in [6.45, 7) is 0. The number of aromatic nitrogens is 3. The van der Waals surface area contributed by atoms with Gasteiger partial charge in [-0.25, -0.2) is 9.07 Å². The third kappa shape index (κ3) is 3.40. The first-order valence-corrected chi connectivity index (χ1v) is 7.65. The number of nitrogens with one attached hydrogen (secondary N) is 1. The van der Waals surface area contributed by atoms with Crippen LogP contribution < -0.4 is 5.32 Å². The molecule has 1 amide bonds. The Hall–Kier alpha value is -2.25. The molecule has 3 rings (SSSR count). The zero-order chi connectivity index (χ0) is 16.4. The molecule has 23 heavy (non-hydrogen) atoms. The van der Waals surface area contributed by atoms with Gasteiger partial charge in [0, 0.05) is 9.50 Å². The van der Waals surface area contributed by atoms with E-state index in [9.17, 15) is 9.18 Å². The minimum absolute atomic E-state index is 0.0230. The van der Waals surface area contributed by atoms with Crippen molar-refractivity contribution >= 4 is 39.1 Å². The molecule has 5 nitrogen and oxygen atoms in total. The number of hydrogen-bond donors (Lipinski definition) is 1. The molecule has 0 saturated carbocycles. The van der Waals surface area contributed by atoms with Crippen LogP contribution in [-0.2, 0) is 0 Å². The van der Waals surface area contributed by atoms with Gasteiger partial charge >= 0.3 is 0 Å². The van der Waals surface area contributed by atoms with Crippen LogP contribution in [0.5, 0.6) is 0 Å². The Kier molecular flexibility index (Phi) is 4.40. The summed E-state index contributed by atoms with van der Waals surface area (Å²) in [4.78, 5) is 12.1. The van der Waals surface area contributed by atoms with Gasteiger partial charge in [0.05, 0.1) is 17.6 Å². The van der Waals surface area contributed by atoms with Crippen LogP contribution in [0, 0.1) is 5.82 Å². The van der Waals surface area contributed by atoms with Crippen LogP contribution in [0.25, 0.3) is 5.69 Å². The first-order valence-electron chi connectivity index (χ1n) is 6.48. The second-order valence-corrected chi connectivity index (χ2v) is 5.87. The molecule has 0 bridgehead atoms. The van der Waals surface area contributed by atoms with Crippen LogP contribution in [0.15, 0.2) is 53.1 Å². The number of hydrogen-bond acceptors (Lipinski definition) is 3. The van der Waals surface area contributed by atoms with E-state index in [-0.39, 0.29) is 16.4 Å². The number of halogens is 3. The molecule has 0 fully saturated rings. The van der Waals surface area contributed by atoms with Crippen LogP contribution in [0.1, 0.15) is 10.5 Å². The van der Waals surface area contributed by atoms with Crippen LogP contribution in [0.4, 0.5) is 10.1 Å². The minimum atomic E-state index is -0.621. The molecule has 2 aromatic carbocycles. The van der Waals surface area contributed by atoms with E-state index in [1.54, 1.807) is 0 Å². The second-order valence-electron chi connectivity index (χ2n) is 4.58. The van der Waals surface area contributed by atoms with Gasteiger partial charge in [0.25, 0.3) is 5.91 Å². The first kappa shape index (κ1) is 15.6. The predicted octanol–water partition coefficient (Wildman–Crippen LogP) is 4.07. The summed E-state index contributed by atoms with van der Waals surface area (Å²) in [5.41, 5.74) is 0.821. The lowest BCUT2D eigenvalue weighted by atomic mass is 10.3. The highest BCUT2D eigenvalue weighted by molar-refractivity contribution is 9.10. The zero-order valence-electron chi connectivity index (χ0n) is 11.5. The maximum atomic E-state index is 13.7. The molecule has 0 spiro atoms. The van der Waals surface area contributed by atoms with E-state index >= 15 is 0 Å². The molecule has 0 aliphatic rings. The van der Waals surface area contributed by atoms with Crippen molar-refractivity contribution in [1.29, 1.82) is 0 Å². The Balaban J connectivity index is 1.83. The van der Waals surface area contributed by atoms with Gasteiger partial charge in [0.1, 0.15) is 5.82 Å². The van der Waals surface area contributed by atoms with Gasteiger partial charge < -0.3 is 5.32 Å². The Morgan fingerprint density at radius 3 is 2.78 bits per heavy atom. The molecule has 8 heteroatoms. The van der Waals surface area contributed by atoms with Crippen molar-refractivity contribution in [3.8, 4) is 5.69 Å². The summed E-state index contributed by atoms with van der Waals surface area (Å²) in [5, 5.41) is 10.4. The fourth-order valence-corrected chi connectivity index (χ4v) is 2.53. The lowest BCUT2D eigenvalue weighted by Gasteiger charge is -2.04. The smallest absolute Gasteiger partial charge is 0.277 e. The van der Waals surface area contributed by atoms with E-state index in [1.165, 1.54) is 23.0 Å². The molecular weight excluding hydrogens is 387 g/mol. The average molecular weight is 396 g/mol. The quantitative estimate of drug-likeness (QED) is 0.727. The number of nitrogens with zero attached hydrogens (tertiary/aromatic N) is 3. The molecule has 1 N–H and O–H groups in total. The van der Waals surface area contributed by atoms with E-state index in [4.69, 9.17) is 11.6 Å². The number of carbonyl (C=O) groups excluding carboxylic acids is 1. The minimum Gasteiger partial charge on any atom is -0.318 e. The Morgan fingerprint density at radius 2 is 2.04 bits per heavy atom. The second kappa shape index (κ2) is 6.47. The summed E-state index contributed by atoms with van der Waals surface area (Å²) in [6, 6.07) is 11.4. The number of rotatable bonds is 3. The molecule has 3 aromatic rings. The third-order valence-corrected chi connectivity index (χ3v) is 3.91. The van der Waals surface area contributed by atoms with Gasteiger partial charge in [0.15, 0.2) is 5.69 Å². The van der Waals surface area contributed by atoms with E-state index < -0.39 is 11.7 Å². The van der Waals surface area contributed by atoms with Gasteiger partial charge in [-0.1, -0.05) is 28.9 Å². The maximum absolute atomic E-state index is 13.7. The highest BCUT2D eigenvalue weighted by atomic mass is 79.9. The van der Waals surface area contributed by atoms with Crippen molar-refractivity contribution in [1.82, 2.24) is 15.0 Å². The van der Waals surface area contributed by atoms with Gasteiger partial charge in [-0.2, -0.15) is 0 Å². The number of carbonyl (C=O) groups is 1. The van der Waals surface area contributed by atoms with Gasteiger partial charge in [-0.15, -0.1) is 5.10 Å². The van der Waals surface area contributed by atoms with Gasteiger partial charge in [-0.05, 0) is 46.3 Å². The van der Waals surface area contributed by atoms with E-state index in [0.717, 1.165) is 16.2 Å². The molecule has 116 valence electrons. The topological polar surface area (TPSA) is 59.8 Å². The van der Waals surface area contributed by atoms with Crippen molar-refractivity contribution in [2.75, 3.05) is 5.32 Å². The first-order chi connectivity index (χ1) is 11.0. The highest BCUT2D eigenvalue weighted by Gasteiger charge is 2.14. The Morgan fingerprint density at radius 1 is 1.26 bits per heavy atom. The molecule has 0 saturated heterocycles. The largest absolute Gasteiger partial charge is 0.318 e. The van der Waals surface area contributed by atoms with E-state index in [1.807, 2.05) is 24.3 Å². The Labute approximate surface area is 144 Å². The molecule has 0 atom stereocenters. The fraction of sp³-hybridized carbons (Fsp3) is 0. The monoisotopic (exact) mass is 394 g/mol. The van der Waals surface area contributed by atoms with Crippen molar-refractivity contribution in [2.24, 2.45) is 0 Å². The maximum Gasteiger partial charge on any atom is 0.277 e. The van der Waals surface area contributed by atoms with Crippen LogP contribution in [-0.4, -0.2) is 20.9 Å². The van der Waals surface area contributed by atoms with Crippen LogP contribution >= 0.6 is 27.5 Å². The SMILES string of the molecule is O=C(Nc1ccc(Cl)cc1F)c1cn(-c2ccccc2Br)nn1. The summed E-state index contributed by atoms with van der Waals surface area (Å²) in [7, 11) is 0. The summed E-state index contributed by atoms with van der Waals surface area (Å²) in [6.07, 6.45) is 1.46. The summed E-state index contributed by atoms with van der Waals surface area (Å²) < 4.78 is 16.0. The van der Waals surface area contributed by atoms with Crippen molar-refractivity contribution in [3.05, 3.63) is 69.7 Å². The molecule has 0 radical (unpaired) electrons. The van der Waals surface area contributed by atoms with Crippen LogP contribution in [0.2, 0.25) is 5.02 Å². The zero-order valence-corrected chi connectivity index (χ0v) is 13.8. The predicted molar refractivity (Wildman–Crippen MR) is 88.4 cm³/mol. The van der Waals surface area contributed by atoms with E-state index in [0.29, 0.717) is 0 Å². The van der Waals surface area contributed by atoms with Crippen molar-refractivity contribution in [3.63, 3.8) is 0 Å². The molecule has 0 unspecified atom stereocenters. The lowest BCUT2D eigenvalue weighted by molar-refractivity contribution is 0.102.